The molecular formula is C16H19FN2O2. The number of fused-ring (bicyclic) bond motifs is 3. The maximum absolute atomic E-state index is 13.4. The number of nitrogens with one attached hydrogen (secondary N) is 1. The molecule has 2 aromatic rings. The minimum atomic E-state index is -0.510. The summed E-state index contributed by atoms with van der Waals surface area (Å²) in [5.74, 6) is -0.265. The highest BCUT2D eigenvalue weighted by Crippen LogP contribution is 2.29. The molecule has 0 spiro atoms. The molecule has 1 aliphatic heterocycles. The summed E-state index contributed by atoms with van der Waals surface area (Å²) in [6.07, 6.45) is 0.407. The number of H-pyrrole nitrogens is 1. The predicted octanol–water partition coefficient (Wildman–Crippen LogP) is 3.60. The quantitative estimate of drug-likeness (QED) is 0.805. The molecule has 5 heteroatoms. The fraction of sp³-hybridized carbons (Fsp3) is 0.438. The van der Waals surface area contributed by atoms with Gasteiger partial charge in [-0.05, 0) is 39.0 Å². The topological polar surface area (TPSA) is 45.3 Å². The van der Waals surface area contributed by atoms with Crippen LogP contribution in [0.1, 0.15) is 32.0 Å². The van der Waals surface area contributed by atoms with Crippen molar-refractivity contribution in [1.29, 1.82) is 0 Å². The molecule has 0 bridgehead atoms. The molecule has 1 amide bonds. The number of hydrogen-bond donors (Lipinski definition) is 1. The number of aromatic nitrogens is 1. The van der Waals surface area contributed by atoms with Crippen LogP contribution in [-0.2, 0) is 17.7 Å². The smallest absolute Gasteiger partial charge is 0.410 e. The van der Waals surface area contributed by atoms with Crippen LogP contribution in [0.15, 0.2) is 18.2 Å². The Morgan fingerprint density at radius 3 is 2.86 bits per heavy atom. The van der Waals surface area contributed by atoms with E-state index in [4.69, 9.17) is 4.74 Å². The van der Waals surface area contributed by atoms with Crippen LogP contribution in [0.3, 0.4) is 0 Å². The summed E-state index contributed by atoms with van der Waals surface area (Å²) in [4.78, 5) is 17.1. The molecule has 0 saturated carbocycles. The SMILES string of the molecule is CC(C)(C)OC(=O)N1CCc2[nH]c3ccc(F)cc3c2C1. The molecule has 21 heavy (non-hydrogen) atoms. The minimum Gasteiger partial charge on any atom is -0.444 e. The van der Waals surface area contributed by atoms with Crippen molar-refractivity contribution in [3.63, 3.8) is 0 Å². The summed E-state index contributed by atoms with van der Waals surface area (Å²) in [5.41, 5.74) is 2.47. The lowest BCUT2D eigenvalue weighted by Gasteiger charge is -2.30. The van der Waals surface area contributed by atoms with Gasteiger partial charge in [0, 0.05) is 35.1 Å². The lowest BCUT2D eigenvalue weighted by molar-refractivity contribution is 0.0224. The standard InChI is InChI=1S/C16H19FN2O2/c1-16(2,3)21-15(20)19-7-6-14-12(9-19)11-8-10(17)4-5-13(11)18-14/h4-5,8,18H,6-7,9H2,1-3H3. The Morgan fingerprint density at radius 2 is 2.14 bits per heavy atom. The van der Waals surface area contributed by atoms with E-state index in [2.05, 4.69) is 4.98 Å². The van der Waals surface area contributed by atoms with Gasteiger partial charge in [-0.3, -0.25) is 0 Å². The molecule has 1 aromatic carbocycles. The van der Waals surface area contributed by atoms with Gasteiger partial charge in [0.2, 0.25) is 0 Å². The van der Waals surface area contributed by atoms with E-state index >= 15 is 0 Å². The summed E-state index contributed by atoms with van der Waals surface area (Å²) < 4.78 is 18.9. The van der Waals surface area contributed by atoms with Crippen LogP contribution in [0.5, 0.6) is 0 Å². The van der Waals surface area contributed by atoms with E-state index in [0.717, 1.165) is 28.6 Å². The highest BCUT2D eigenvalue weighted by atomic mass is 19.1. The van der Waals surface area contributed by atoms with Crippen molar-refractivity contribution in [1.82, 2.24) is 9.88 Å². The van der Waals surface area contributed by atoms with E-state index < -0.39 is 5.60 Å². The number of hydrogen-bond acceptors (Lipinski definition) is 2. The van der Waals surface area contributed by atoms with Crippen molar-refractivity contribution in [2.24, 2.45) is 0 Å². The number of carbonyl (C=O) groups is 1. The molecule has 1 N–H and O–H groups in total. The third-order valence-corrected chi connectivity index (χ3v) is 3.59. The van der Waals surface area contributed by atoms with E-state index in [9.17, 15) is 9.18 Å². The molecule has 4 nitrogen and oxygen atoms in total. The van der Waals surface area contributed by atoms with Gasteiger partial charge in [-0.1, -0.05) is 0 Å². The maximum Gasteiger partial charge on any atom is 0.410 e. The Bertz CT molecular complexity index is 700. The number of aromatic amines is 1. The van der Waals surface area contributed by atoms with E-state index in [-0.39, 0.29) is 11.9 Å². The highest BCUT2D eigenvalue weighted by Gasteiger charge is 2.27. The van der Waals surface area contributed by atoms with Crippen molar-refractivity contribution in [3.8, 4) is 0 Å². The van der Waals surface area contributed by atoms with E-state index in [1.165, 1.54) is 12.1 Å². The van der Waals surface area contributed by atoms with Gasteiger partial charge in [0.15, 0.2) is 0 Å². The number of nitrogens with zero attached hydrogens (tertiary/aromatic N) is 1. The molecule has 3 rings (SSSR count). The second-order valence-electron chi connectivity index (χ2n) is 6.42. The lowest BCUT2D eigenvalue weighted by Crippen LogP contribution is -2.39. The summed E-state index contributed by atoms with van der Waals surface area (Å²) in [5, 5.41) is 0.846. The first-order valence-electron chi connectivity index (χ1n) is 7.10. The monoisotopic (exact) mass is 290 g/mol. The molecule has 112 valence electrons. The Labute approximate surface area is 122 Å². The van der Waals surface area contributed by atoms with Gasteiger partial charge in [-0.25, -0.2) is 9.18 Å². The number of carbonyl (C=O) groups excluding carboxylic acids is 1. The van der Waals surface area contributed by atoms with Gasteiger partial charge in [0.05, 0.1) is 6.54 Å². The summed E-state index contributed by atoms with van der Waals surface area (Å²) >= 11 is 0. The first-order chi connectivity index (χ1) is 9.83. The van der Waals surface area contributed by atoms with Gasteiger partial charge < -0.3 is 14.6 Å². The second-order valence-corrected chi connectivity index (χ2v) is 6.42. The number of ether oxygens (including phenoxy) is 1. The zero-order valence-electron chi connectivity index (χ0n) is 12.5. The third kappa shape index (κ3) is 2.73. The maximum atomic E-state index is 13.4. The number of halogens is 1. The van der Waals surface area contributed by atoms with Gasteiger partial charge >= 0.3 is 6.09 Å². The molecule has 0 atom stereocenters. The molecule has 0 unspecified atom stereocenters. The fourth-order valence-corrected chi connectivity index (χ4v) is 2.67. The summed E-state index contributed by atoms with van der Waals surface area (Å²) in [7, 11) is 0. The Hall–Kier alpha value is -2.04. The zero-order valence-corrected chi connectivity index (χ0v) is 12.5. The Morgan fingerprint density at radius 1 is 1.38 bits per heavy atom. The van der Waals surface area contributed by atoms with Crippen molar-refractivity contribution in [3.05, 3.63) is 35.3 Å². The van der Waals surface area contributed by atoms with E-state index in [1.807, 2.05) is 20.8 Å². The van der Waals surface area contributed by atoms with Crippen LogP contribution in [0.4, 0.5) is 9.18 Å². The fourth-order valence-electron chi connectivity index (χ4n) is 2.67. The van der Waals surface area contributed by atoms with Crippen LogP contribution in [-0.4, -0.2) is 28.1 Å². The molecule has 0 saturated heterocycles. The first kappa shape index (κ1) is 13.9. The largest absolute Gasteiger partial charge is 0.444 e. The van der Waals surface area contributed by atoms with Gasteiger partial charge in [0.1, 0.15) is 11.4 Å². The Kier molecular flexibility index (Phi) is 3.15. The molecule has 0 radical (unpaired) electrons. The van der Waals surface area contributed by atoms with Crippen LogP contribution in [0.2, 0.25) is 0 Å². The first-order valence-corrected chi connectivity index (χ1v) is 7.10. The average Bonchev–Trinajstić information content (AvgIpc) is 2.74. The molecule has 0 fully saturated rings. The van der Waals surface area contributed by atoms with Crippen molar-refractivity contribution in [2.75, 3.05) is 6.54 Å². The number of amides is 1. The predicted molar refractivity (Wildman–Crippen MR) is 78.6 cm³/mol. The molecule has 2 heterocycles. The molecular weight excluding hydrogens is 271 g/mol. The number of rotatable bonds is 0. The third-order valence-electron chi connectivity index (χ3n) is 3.59. The lowest BCUT2D eigenvalue weighted by atomic mass is 10.0. The van der Waals surface area contributed by atoms with Crippen LogP contribution in [0, 0.1) is 5.82 Å². The summed E-state index contributed by atoms with van der Waals surface area (Å²) in [6.45, 7) is 6.61. The van der Waals surface area contributed by atoms with E-state index in [0.29, 0.717) is 13.1 Å². The van der Waals surface area contributed by atoms with Crippen LogP contribution >= 0.6 is 0 Å². The van der Waals surface area contributed by atoms with Gasteiger partial charge in [-0.15, -0.1) is 0 Å². The molecule has 1 aliphatic rings. The zero-order chi connectivity index (χ0) is 15.2. The van der Waals surface area contributed by atoms with Crippen molar-refractivity contribution >= 4 is 17.0 Å². The highest BCUT2D eigenvalue weighted by molar-refractivity contribution is 5.85. The van der Waals surface area contributed by atoms with Gasteiger partial charge in [-0.2, -0.15) is 0 Å². The molecule has 0 aliphatic carbocycles. The number of benzene rings is 1. The minimum absolute atomic E-state index is 0.265. The average molecular weight is 290 g/mol. The molecule has 1 aromatic heterocycles. The van der Waals surface area contributed by atoms with Crippen molar-refractivity contribution in [2.45, 2.75) is 39.3 Å². The van der Waals surface area contributed by atoms with Gasteiger partial charge in [0.25, 0.3) is 0 Å². The van der Waals surface area contributed by atoms with Crippen molar-refractivity contribution < 1.29 is 13.9 Å². The normalized spacial score (nSPS) is 15.1. The van der Waals surface area contributed by atoms with Crippen LogP contribution in [0.25, 0.3) is 10.9 Å². The second kappa shape index (κ2) is 4.76. The van der Waals surface area contributed by atoms with E-state index in [1.54, 1.807) is 11.0 Å². The van der Waals surface area contributed by atoms with Crippen LogP contribution < -0.4 is 0 Å². The Balaban J connectivity index is 1.89. The summed E-state index contributed by atoms with van der Waals surface area (Å²) in [6, 6.07) is 4.69.